The van der Waals surface area contributed by atoms with Gasteiger partial charge in [-0.05, 0) is 12.0 Å². The Morgan fingerprint density at radius 2 is 1.08 bits per heavy atom. The van der Waals surface area contributed by atoms with Crippen molar-refractivity contribution in [3.8, 4) is 0 Å². The first-order chi connectivity index (χ1) is 12.3. The minimum Gasteiger partial charge on any atom is -0.259 e. The zero-order valence-corrected chi connectivity index (χ0v) is 17.3. The third-order valence-corrected chi connectivity index (χ3v) is 6.30. The third-order valence-electron chi connectivity index (χ3n) is 4.90. The topological polar surface area (TPSA) is 17.1 Å². The maximum Gasteiger partial charge on any atom is 0.0485 e. The standard InChI is InChI=1S/C23H40OS/c1-2-3-4-5-6-7-8-9-10-11-12-13-14-18-21-25(24)22-23-19-16-15-17-20-23/h15-17,19-20H,2-14,18,21-22H2,1H3. The Morgan fingerprint density at radius 3 is 1.56 bits per heavy atom. The highest BCUT2D eigenvalue weighted by Gasteiger charge is 2.01. The lowest BCUT2D eigenvalue weighted by Gasteiger charge is -2.04. The highest BCUT2D eigenvalue weighted by molar-refractivity contribution is 7.84. The quantitative estimate of drug-likeness (QED) is 0.263. The second-order valence-corrected chi connectivity index (χ2v) is 8.95. The molecule has 1 unspecified atom stereocenters. The Hall–Kier alpha value is -0.630. The van der Waals surface area contributed by atoms with Crippen LogP contribution in [0.4, 0.5) is 0 Å². The number of rotatable bonds is 17. The molecule has 0 spiro atoms. The molecule has 144 valence electrons. The van der Waals surface area contributed by atoms with Crippen molar-refractivity contribution >= 4 is 10.8 Å². The van der Waals surface area contributed by atoms with Crippen molar-refractivity contribution < 1.29 is 4.21 Å². The lowest BCUT2D eigenvalue weighted by molar-refractivity contribution is 0.538. The molecule has 1 nitrogen and oxygen atoms in total. The number of hydrogen-bond donors (Lipinski definition) is 0. The maximum atomic E-state index is 12.0. The fourth-order valence-corrected chi connectivity index (χ4v) is 4.52. The average Bonchev–Trinajstić information content (AvgIpc) is 2.63. The summed E-state index contributed by atoms with van der Waals surface area (Å²) in [6.07, 6.45) is 19.2. The van der Waals surface area contributed by atoms with E-state index in [0.717, 1.165) is 17.9 Å². The van der Waals surface area contributed by atoms with Crippen LogP contribution in [0.25, 0.3) is 0 Å². The molecule has 0 radical (unpaired) electrons. The Bertz CT molecular complexity index is 415. The molecule has 0 aliphatic rings. The smallest absolute Gasteiger partial charge is 0.0485 e. The molecule has 0 aromatic heterocycles. The Labute approximate surface area is 159 Å². The summed E-state index contributed by atoms with van der Waals surface area (Å²) in [7, 11) is -0.687. The van der Waals surface area contributed by atoms with Gasteiger partial charge < -0.3 is 0 Å². The van der Waals surface area contributed by atoms with Gasteiger partial charge in [-0.1, -0.05) is 121 Å². The van der Waals surface area contributed by atoms with E-state index in [-0.39, 0.29) is 0 Å². The van der Waals surface area contributed by atoms with Gasteiger partial charge in [-0.25, -0.2) is 0 Å². The molecule has 0 aliphatic carbocycles. The van der Waals surface area contributed by atoms with E-state index in [4.69, 9.17) is 0 Å². The highest BCUT2D eigenvalue weighted by Crippen LogP contribution is 2.13. The van der Waals surface area contributed by atoms with Crippen LogP contribution < -0.4 is 0 Å². The molecule has 0 saturated carbocycles. The number of benzene rings is 1. The first-order valence-corrected chi connectivity index (χ1v) is 12.2. The lowest BCUT2D eigenvalue weighted by Crippen LogP contribution is -2.01. The van der Waals surface area contributed by atoms with E-state index < -0.39 is 10.8 Å². The van der Waals surface area contributed by atoms with Crippen LogP contribution in [0.5, 0.6) is 0 Å². The van der Waals surface area contributed by atoms with Gasteiger partial charge in [0.25, 0.3) is 0 Å². The molecule has 0 fully saturated rings. The molecule has 1 aromatic rings. The van der Waals surface area contributed by atoms with Crippen molar-refractivity contribution in [2.45, 2.75) is 103 Å². The van der Waals surface area contributed by atoms with Gasteiger partial charge in [-0.15, -0.1) is 0 Å². The molecule has 1 rings (SSSR count). The van der Waals surface area contributed by atoms with E-state index >= 15 is 0 Å². The van der Waals surface area contributed by atoms with E-state index in [1.807, 2.05) is 18.2 Å². The van der Waals surface area contributed by atoms with Crippen molar-refractivity contribution in [3.63, 3.8) is 0 Å². The van der Waals surface area contributed by atoms with Crippen molar-refractivity contribution in [2.24, 2.45) is 0 Å². The molecule has 0 bridgehead atoms. The van der Waals surface area contributed by atoms with Gasteiger partial charge >= 0.3 is 0 Å². The lowest BCUT2D eigenvalue weighted by atomic mass is 10.0. The molecule has 0 aliphatic heterocycles. The Kier molecular flexibility index (Phi) is 15.1. The van der Waals surface area contributed by atoms with Crippen molar-refractivity contribution in [1.82, 2.24) is 0 Å². The predicted octanol–water partition coefficient (Wildman–Crippen LogP) is 7.42. The summed E-state index contributed by atoms with van der Waals surface area (Å²) in [6.45, 7) is 2.28. The van der Waals surface area contributed by atoms with Crippen molar-refractivity contribution in [1.29, 1.82) is 0 Å². The SMILES string of the molecule is CCCCCCCCCCCCCCCCS(=O)Cc1ccccc1. The summed E-state index contributed by atoms with van der Waals surface area (Å²) in [5.74, 6) is 1.59. The maximum absolute atomic E-state index is 12.0. The van der Waals surface area contributed by atoms with Crippen LogP contribution >= 0.6 is 0 Å². The molecule has 0 amide bonds. The minimum atomic E-state index is -0.687. The fourth-order valence-electron chi connectivity index (χ4n) is 3.29. The molecule has 2 heteroatoms. The van der Waals surface area contributed by atoms with E-state index in [0.29, 0.717) is 0 Å². The monoisotopic (exact) mass is 364 g/mol. The molecule has 25 heavy (non-hydrogen) atoms. The second kappa shape index (κ2) is 16.8. The predicted molar refractivity (Wildman–Crippen MR) is 113 cm³/mol. The molecule has 0 heterocycles. The van der Waals surface area contributed by atoms with Crippen LogP contribution in [0.1, 0.15) is 102 Å². The van der Waals surface area contributed by atoms with Gasteiger partial charge in [0.05, 0.1) is 0 Å². The van der Waals surface area contributed by atoms with Crippen LogP contribution in [0.2, 0.25) is 0 Å². The van der Waals surface area contributed by atoms with E-state index in [2.05, 4.69) is 19.1 Å². The first kappa shape index (κ1) is 22.4. The van der Waals surface area contributed by atoms with Crippen LogP contribution in [0.15, 0.2) is 30.3 Å². The summed E-state index contributed by atoms with van der Waals surface area (Å²) in [4.78, 5) is 0. The first-order valence-electron chi connectivity index (χ1n) is 10.7. The number of unbranched alkanes of at least 4 members (excludes halogenated alkanes) is 13. The van der Waals surface area contributed by atoms with Gasteiger partial charge in [0.15, 0.2) is 0 Å². The number of hydrogen-bond acceptors (Lipinski definition) is 1. The Morgan fingerprint density at radius 1 is 0.640 bits per heavy atom. The summed E-state index contributed by atoms with van der Waals surface area (Å²) in [5, 5.41) is 0. The van der Waals surface area contributed by atoms with Crippen LogP contribution in [0.3, 0.4) is 0 Å². The van der Waals surface area contributed by atoms with E-state index in [9.17, 15) is 4.21 Å². The van der Waals surface area contributed by atoms with E-state index in [1.54, 1.807) is 0 Å². The molecular formula is C23H40OS. The zero-order chi connectivity index (χ0) is 18.0. The molecule has 1 atom stereocenters. The second-order valence-electron chi connectivity index (χ2n) is 7.37. The average molecular weight is 365 g/mol. The molecule has 1 aromatic carbocycles. The molecule has 0 N–H and O–H groups in total. The third kappa shape index (κ3) is 14.2. The van der Waals surface area contributed by atoms with Crippen molar-refractivity contribution in [2.75, 3.05) is 5.75 Å². The van der Waals surface area contributed by atoms with Crippen LogP contribution in [-0.2, 0) is 16.6 Å². The molecular weight excluding hydrogens is 324 g/mol. The minimum absolute atomic E-state index is 0.687. The van der Waals surface area contributed by atoms with Gasteiger partial charge in [0.2, 0.25) is 0 Å². The summed E-state index contributed by atoms with van der Waals surface area (Å²) >= 11 is 0. The highest BCUT2D eigenvalue weighted by atomic mass is 32.2. The van der Waals surface area contributed by atoms with Crippen LogP contribution in [0, 0.1) is 0 Å². The van der Waals surface area contributed by atoms with Crippen molar-refractivity contribution in [3.05, 3.63) is 35.9 Å². The Balaban J connectivity index is 1.79. The van der Waals surface area contributed by atoms with Gasteiger partial charge in [0.1, 0.15) is 0 Å². The summed E-state index contributed by atoms with van der Waals surface area (Å²) in [5.41, 5.74) is 1.20. The summed E-state index contributed by atoms with van der Waals surface area (Å²) in [6, 6.07) is 10.2. The summed E-state index contributed by atoms with van der Waals surface area (Å²) < 4.78 is 12.0. The van der Waals surface area contributed by atoms with Gasteiger partial charge in [0, 0.05) is 22.3 Å². The zero-order valence-electron chi connectivity index (χ0n) is 16.5. The van der Waals surface area contributed by atoms with Gasteiger partial charge in [-0.3, -0.25) is 4.21 Å². The normalized spacial score (nSPS) is 12.4. The van der Waals surface area contributed by atoms with E-state index in [1.165, 1.54) is 89.0 Å². The largest absolute Gasteiger partial charge is 0.259 e. The van der Waals surface area contributed by atoms with Gasteiger partial charge in [-0.2, -0.15) is 0 Å². The van der Waals surface area contributed by atoms with Crippen LogP contribution in [-0.4, -0.2) is 9.96 Å². The fraction of sp³-hybridized carbons (Fsp3) is 0.739. The molecule has 0 saturated heterocycles.